The molecule has 0 aromatic carbocycles. The number of hydrogen-bond donors (Lipinski definition) is 2. The number of ether oxygens (including phenoxy) is 1. The summed E-state index contributed by atoms with van der Waals surface area (Å²) in [6.07, 6.45) is 1.87. The average molecular weight is 307 g/mol. The molecular weight excluding hydrogens is 278 g/mol. The van der Waals surface area contributed by atoms with Gasteiger partial charge in [0.1, 0.15) is 9.84 Å². The number of nitrogens with one attached hydrogen (secondary N) is 2. The van der Waals surface area contributed by atoms with E-state index in [0.717, 1.165) is 0 Å². The molecule has 0 aliphatic heterocycles. The maximum absolute atomic E-state index is 11.0. The second-order valence-corrected chi connectivity index (χ2v) is 8.21. The highest BCUT2D eigenvalue weighted by Gasteiger charge is 2.24. The second kappa shape index (κ2) is 8.46. The van der Waals surface area contributed by atoms with Crippen molar-refractivity contribution >= 4 is 15.8 Å². The van der Waals surface area contributed by atoms with E-state index in [1.54, 1.807) is 14.2 Å². The molecule has 0 aliphatic rings. The van der Waals surface area contributed by atoms with Gasteiger partial charge in [-0.15, -0.1) is 0 Å². The van der Waals surface area contributed by atoms with Crippen LogP contribution in [0.15, 0.2) is 4.99 Å². The standard InChI is InChI=1S/C13H29N3O3S/c1-13(2,3)11(19-5)10-16-12(14-4)15-8-7-9-20(6,17)18/h11H,7-10H2,1-6H3,(H2,14,15,16). The summed E-state index contributed by atoms with van der Waals surface area (Å²) in [7, 11) is 0.482. The smallest absolute Gasteiger partial charge is 0.191 e. The highest BCUT2D eigenvalue weighted by molar-refractivity contribution is 7.90. The van der Waals surface area contributed by atoms with Crippen LogP contribution in [-0.2, 0) is 14.6 Å². The van der Waals surface area contributed by atoms with Gasteiger partial charge in [-0.3, -0.25) is 4.99 Å². The molecule has 2 N–H and O–H groups in total. The van der Waals surface area contributed by atoms with Crippen molar-refractivity contribution < 1.29 is 13.2 Å². The van der Waals surface area contributed by atoms with Gasteiger partial charge < -0.3 is 15.4 Å². The van der Waals surface area contributed by atoms with Crippen molar-refractivity contribution in [2.24, 2.45) is 10.4 Å². The average Bonchev–Trinajstić information content (AvgIpc) is 2.29. The van der Waals surface area contributed by atoms with Gasteiger partial charge in [0.05, 0.1) is 11.9 Å². The molecule has 0 aromatic rings. The molecule has 1 unspecified atom stereocenters. The molecule has 0 saturated carbocycles. The van der Waals surface area contributed by atoms with Crippen LogP contribution in [0.2, 0.25) is 0 Å². The SMILES string of the molecule is CN=C(NCCCS(C)(=O)=O)NCC(OC)C(C)(C)C. The van der Waals surface area contributed by atoms with Gasteiger partial charge >= 0.3 is 0 Å². The largest absolute Gasteiger partial charge is 0.379 e. The summed E-state index contributed by atoms with van der Waals surface area (Å²) in [5.74, 6) is 0.837. The zero-order chi connectivity index (χ0) is 15.8. The quantitative estimate of drug-likeness (QED) is 0.410. The zero-order valence-corrected chi connectivity index (χ0v) is 14.3. The highest BCUT2D eigenvalue weighted by atomic mass is 32.2. The van der Waals surface area contributed by atoms with Crippen molar-refractivity contribution in [1.29, 1.82) is 0 Å². The third kappa shape index (κ3) is 9.14. The fraction of sp³-hybridized carbons (Fsp3) is 0.923. The van der Waals surface area contributed by atoms with E-state index >= 15 is 0 Å². The molecular formula is C13H29N3O3S. The molecule has 7 heteroatoms. The van der Waals surface area contributed by atoms with Crippen LogP contribution in [0.5, 0.6) is 0 Å². The molecule has 0 aliphatic carbocycles. The van der Waals surface area contributed by atoms with Gasteiger partial charge in [0, 0.05) is 33.5 Å². The first-order valence-corrected chi connectivity index (χ1v) is 8.81. The van der Waals surface area contributed by atoms with Crippen molar-refractivity contribution in [2.75, 3.05) is 39.3 Å². The Morgan fingerprint density at radius 1 is 1.30 bits per heavy atom. The molecule has 6 nitrogen and oxygen atoms in total. The first-order chi connectivity index (χ1) is 9.10. The van der Waals surface area contributed by atoms with Crippen LogP contribution >= 0.6 is 0 Å². The Balaban J connectivity index is 4.12. The lowest BCUT2D eigenvalue weighted by atomic mass is 9.89. The molecule has 0 radical (unpaired) electrons. The Morgan fingerprint density at radius 3 is 2.30 bits per heavy atom. The fourth-order valence-electron chi connectivity index (χ4n) is 1.69. The van der Waals surface area contributed by atoms with Crippen LogP contribution in [0.25, 0.3) is 0 Å². The topological polar surface area (TPSA) is 79.8 Å². The van der Waals surface area contributed by atoms with Gasteiger partial charge in [-0.25, -0.2) is 8.42 Å². The van der Waals surface area contributed by atoms with E-state index in [4.69, 9.17) is 4.74 Å². The van der Waals surface area contributed by atoms with Crippen molar-refractivity contribution in [3.63, 3.8) is 0 Å². The lowest BCUT2D eigenvalue weighted by molar-refractivity contribution is 0.0205. The lowest BCUT2D eigenvalue weighted by Gasteiger charge is -2.30. The number of nitrogens with zero attached hydrogens (tertiary/aromatic N) is 1. The number of rotatable bonds is 7. The molecule has 0 saturated heterocycles. The predicted molar refractivity (Wildman–Crippen MR) is 83.9 cm³/mol. The fourth-order valence-corrected chi connectivity index (χ4v) is 2.36. The number of sulfone groups is 1. The molecule has 0 heterocycles. The van der Waals surface area contributed by atoms with Crippen LogP contribution in [-0.4, -0.2) is 59.7 Å². The van der Waals surface area contributed by atoms with E-state index < -0.39 is 9.84 Å². The van der Waals surface area contributed by atoms with Crippen LogP contribution in [0.4, 0.5) is 0 Å². The van der Waals surface area contributed by atoms with Gasteiger partial charge in [-0.2, -0.15) is 0 Å². The molecule has 0 bridgehead atoms. The highest BCUT2D eigenvalue weighted by Crippen LogP contribution is 2.20. The predicted octanol–water partition coefficient (Wildman–Crippen LogP) is 0.647. The maximum atomic E-state index is 11.0. The Labute approximate surface area is 123 Å². The van der Waals surface area contributed by atoms with E-state index in [-0.39, 0.29) is 17.3 Å². The summed E-state index contributed by atoms with van der Waals surface area (Å²) in [5, 5.41) is 6.28. The number of hydrogen-bond acceptors (Lipinski definition) is 4. The van der Waals surface area contributed by atoms with Crippen molar-refractivity contribution in [3.05, 3.63) is 0 Å². The molecule has 0 amide bonds. The van der Waals surface area contributed by atoms with Crippen LogP contribution in [0.3, 0.4) is 0 Å². The zero-order valence-electron chi connectivity index (χ0n) is 13.5. The Kier molecular flexibility index (Phi) is 8.12. The van der Waals surface area contributed by atoms with Crippen LogP contribution in [0.1, 0.15) is 27.2 Å². The lowest BCUT2D eigenvalue weighted by Crippen LogP contribution is -2.45. The van der Waals surface area contributed by atoms with E-state index in [2.05, 4.69) is 36.4 Å². The van der Waals surface area contributed by atoms with Gasteiger partial charge in [-0.1, -0.05) is 20.8 Å². The van der Waals surface area contributed by atoms with Gasteiger partial charge in [0.25, 0.3) is 0 Å². The summed E-state index contributed by atoms with van der Waals surface area (Å²) in [4.78, 5) is 4.10. The molecule has 0 aromatic heterocycles. The maximum Gasteiger partial charge on any atom is 0.191 e. The summed E-state index contributed by atoms with van der Waals surface area (Å²) >= 11 is 0. The summed E-state index contributed by atoms with van der Waals surface area (Å²) in [6.45, 7) is 7.56. The first kappa shape index (κ1) is 19.2. The van der Waals surface area contributed by atoms with Crippen LogP contribution < -0.4 is 10.6 Å². The van der Waals surface area contributed by atoms with Crippen LogP contribution in [0, 0.1) is 5.41 Å². The van der Waals surface area contributed by atoms with E-state index in [0.29, 0.717) is 25.5 Å². The summed E-state index contributed by atoms with van der Waals surface area (Å²) in [6, 6.07) is 0. The minimum Gasteiger partial charge on any atom is -0.379 e. The number of guanidine groups is 1. The van der Waals surface area contributed by atoms with Gasteiger partial charge in [0.15, 0.2) is 5.96 Å². The summed E-state index contributed by atoms with van der Waals surface area (Å²) in [5.41, 5.74) is 0.0386. The molecule has 20 heavy (non-hydrogen) atoms. The van der Waals surface area contributed by atoms with Crippen molar-refractivity contribution in [3.8, 4) is 0 Å². The molecule has 0 spiro atoms. The number of methoxy groups -OCH3 is 1. The van der Waals surface area contributed by atoms with Crippen molar-refractivity contribution in [2.45, 2.75) is 33.3 Å². The minimum atomic E-state index is -2.90. The molecule has 0 rings (SSSR count). The van der Waals surface area contributed by atoms with Gasteiger partial charge in [-0.05, 0) is 11.8 Å². The second-order valence-electron chi connectivity index (χ2n) is 5.95. The monoisotopic (exact) mass is 307 g/mol. The molecule has 120 valence electrons. The van der Waals surface area contributed by atoms with Gasteiger partial charge in [0.2, 0.25) is 0 Å². The number of aliphatic imine (C=N–C) groups is 1. The van der Waals surface area contributed by atoms with E-state index in [1.807, 2.05) is 0 Å². The Hall–Kier alpha value is -0.820. The molecule has 0 fully saturated rings. The first-order valence-electron chi connectivity index (χ1n) is 6.75. The van der Waals surface area contributed by atoms with E-state index in [1.165, 1.54) is 6.26 Å². The third-order valence-corrected chi connectivity index (χ3v) is 3.94. The minimum absolute atomic E-state index is 0.0386. The van der Waals surface area contributed by atoms with Crippen molar-refractivity contribution in [1.82, 2.24) is 10.6 Å². The molecule has 1 atom stereocenters. The normalized spacial score (nSPS) is 15.0. The Bertz CT molecular complexity index is 400. The third-order valence-electron chi connectivity index (χ3n) is 2.91. The summed E-state index contributed by atoms with van der Waals surface area (Å²) < 4.78 is 27.5. The Morgan fingerprint density at radius 2 is 1.90 bits per heavy atom. The van der Waals surface area contributed by atoms with E-state index in [9.17, 15) is 8.42 Å².